The van der Waals surface area contributed by atoms with Crippen LogP contribution < -0.4 is 11.1 Å². The van der Waals surface area contributed by atoms with E-state index in [-0.39, 0.29) is 30.1 Å². The Balaban J connectivity index is 0.00000261. The summed E-state index contributed by atoms with van der Waals surface area (Å²) < 4.78 is 41.7. The molecule has 0 saturated heterocycles. The van der Waals surface area contributed by atoms with Gasteiger partial charge in [-0.15, -0.1) is 12.4 Å². The number of nitrogens with two attached hydrogens (primary N) is 1. The summed E-state index contributed by atoms with van der Waals surface area (Å²) in [5.41, 5.74) is 6.57. The summed E-state index contributed by atoms with van der Waals surface area (Å²) in [5, 5.41) is 6.14. The predicted octanol–water partition coefficient (Wildman–Crippen LogP) is 4.02. The standard InChI is InChI=1S/C17H19F3N4O2.ClH/c1-16(21)9-3-2-4-12(16)14(25)22-11-7-5-10(6-8-11)13-23-15(26-24-13)17(18,19)20;/h5-8,12H,2-4,9,21H2,1H3,(H,22,25);1H. The van der Waals surface area contributed by atoms with E-state index < -0.39 is 17.6 Å². The van der Waals surface area contributed by atoms with E-state index >= 15 is 0 Å². The average Bonchev–Trinajstić information content (AvgIpc) is 3.05. The maximum Gasteiger partial charge on any atom is 0.471 e. The number of alkyl halides is 3. The molecule has 1 amide bonds. The molecule has 3 N–H and O–H groups in total. The van der Waals surface area contributed by atoms with E-state index in [1.54, 1.807) is 12.1 Å². The number of benzene rings is 1. The van der Waals surface area contributed by atoms with Gasteiger partial charge in [0.25, 0.3) is 0 Å². The highest BCUT2D eigenvalue weighted by atomic mass is 35.5. The van der Waals surface area contributed by atoms with Crippen molar-refractivity contribution in [3.63, 3.8) is 0 Å². The number of hydrogen-bond donors (Lipinski definition) is 2. The monoisotopic (exact) mass is 404 g/mol. The molecule has 0 radical (unpaired) electrons. The minimum atomic E-state index is -4.69. The molecule has 0 spiro atoms. The number of carbonyl (C=O) groups is 1. The average molecular weight is 405 g/mol. The Morgan fingerprint density at radius 2 is 1.96 bits per heavy atom. The Labute approximate surface area is 160 Å². The largest absolute Gasteiger partial charge is 0.471 e. The molecule has 1 saturated carbocycles. The van der Waals surface area contributed by atoms with Crippen LogP contribution in [0.3, 0.4) is 0 Å². The fourth-order valence-corrected chi connectivity index (χ4v) is 3.18. The van der Waals surface area contributed by atoms with Crippen molar-refractivity contribution in [2.24, 2.45) is 11.7 Å². The number of hydrogen-bond acceptors (Lipinski definition) is 5. The Morgan fingerprint density at radius 1 is 1.30 bits per heavy atom. The second-order valence-electron chi connectivity index (χ2n) is 6.79. The van der Waals surface area contributed by atoms with Crippen molar-refractivity contribution in [3.8, 4) is 11.4 Å². The van der Waals surface area contributed by atoms with E-state index in [0.717, 1.165) is 25.7 Å². The van der Waals surface area contributed by atoms with Crippen LogP contribution in [0.2, 0.25) is 0 Å². The quantitative estimate of drug-likeness (QED) is 0.805. The van der Waals surface area contributed by atoms with Crippen molar-refractivity contribution in [1.29, 1.82) is 0 Å². The number of halogens is 4. The molecule has 0 aliphatic heterocycles. The van der Waals surface area contributed by atoms with Crippen molar-refractivity contribution < 1.29 is 22.5 Å². The summed E-state index contributed by atoms with van der Waals surface area (Å²) in [7, 11) is 0. The number of amides is 1. The highest BCUT2D eigenvalue weighted by molar-refractivity contribution is 5.93. The summed E-state index contributed by atoms with van der Waals surface area (Å²) in [5.74, 6) is -2.00. The third kappa shape index (κ3) is 4.78. The molecular weight excluding hydrogens is 385 g/mol. The smallest absolute Gasteiger partial charge is 0.329 e. The third-order valence-corrected chi connectivity index (χ3v) is 4.65. The van der Waals surface area contributed by atoms with E-state index in [1.165, 1.54) is 12.1 Å². The van der Waals surface area contributed by atoms with Gasteiger partial charge in [0, 0.05) is 16.8 Å². The van der Waals surface area contributed by atoms with Crippen LogP contribution >= 0.6 is 12.4 Å². The van der Waals surface area contributed by atoms with Crippen LogP contribution in [0.4, 0.5) is 18.9 Å². The van der Waals surface area contributed by atoms with Crippen LogP contribution in [-0.2, 0) is 11.0 Å². The molecule has 1 aromatic carbocycles. The lowest BCUT2D eigenvalue weighted by molar-refractivity contribution is -0.159. The topological polar surface area (TPSA) is 94.0 Å². The maximum atomic E-state index is 12.5. The number of carbonyl (C=O) groups excluding carboxylic acids is 1. The first-order chi connectivity index (χ1) is 12.2. The number of rotatable bonds is 3. The van der Waals surface area contributed by atoms with Gasteiger partial charge < -0.3 is 15.6 Å². The summed E-state index contributed by atoms with van der Waals surface area (Å²) >= 11 is 0. The molecule has 0 bridgehead atoms. The molecule has 1 aromatic heterocycles. The molecule has 148 valence electrons. The summed E-state index contributed by atoms with van der Waals surface area (Å²) in [6.07, 6.45) is -1.18. The highest BCUT2D eigenvalue weighted by Gasteiger charge is 2.39. The molecule has 3 rings (SSSR count). The Kier molecular flexibility index (Phi) is 6.16. The fraction of sp³-hybridized carbons (Fsp3) is 0.471. The van der Waals surface area contributed by atoms with Gasteiger partial charge in [0.05, 0.1) is 5.92 Å². The maximum absolute atomic E-state index is 12.5. The SMILES string of the molecule is CC1(N)CCCCC1C(=O)Nc1ccc(-c2noc(C(F)(F)F)n2)cc1.Cl. The lowest BCUT2D eigenvalue weighted by atomic mass is 9.74. The highest BCUT2D eigenvalue weighted by Crippen LogP contribution is 2.33. The fourth-order valence-electron chi connectivity index (χ4n) is 3.18. The predicted molar refractivity (Wildman–Crippen MR) is 95.2 cm³/mol. The van der Waals surface area contributed by atoms with E-state index in [0.29, 0.717) is 11.3 Å². The lowest BCUT2D eigenvalue weighted by Crippen LogP contribution is -2.51. The van der Waals surface area contributed by atoms with Crippen LogP contribution in [-0.4, -0.2) is 21.6 Å². The second kappa shape index (κ2) is 7.85. The summed E-state index contributed by atoms with van der Waals surface area (Å²) in [4.78, 5) is 15.8. The van der Waals surface area contributed by atoms with Crippen LogP contribution in [0.15, 0.2) is 28.8 Å². The Bertz CT molecular complexity index is 790. The minimum Gasteiger partial charge on any atom is -0.329 e. The van der Waals surface area contributed by atoms with Crippen molar-refractivity contribution in [2.45, 2.75) is 44.3 Å². The van der Waals surface area contributed by atoms with Gasteiger partial charge in [-0.2, -0.15) is 18.2 Å². The molecule has 1 aliphatic carbocycles. The molecule has 1 aliphatic rings. The number of anilines is 1. The summed E-state index contributed by atoms with van der Waals surface area (Å²) in [6, 6.07) is 6.19. The molecular formula is C17H20ClF3N4O2. The molecule has 1 heterocycles. The van der Waals surface area contributed by atoms with Crippen LogP contribution in [0.25, 0.3) is 11.4 Å². The zero-order valence-corrected chi connectivity index (χ0v) is 15.4. The van der Waals surface area contributed by atoms with Gasteiger partial charge in [-0.25, -0.2) is 0 Å². The molecule has 2 unspecified atom stereocenters. The van der Waals surface area contributed by atoms with E-state index in [1.807, 2.05) is 6.92 Å². The van der Waals surface area contributed by atoms with E-state index in [4.69, 9.17) is 5.73 Å². The second-order valence-corrected chi connectivity index (χ2v) is 6.79. The normalized spacial score (nSPS) is 22.8. The van der Waals surface area contributed by atoms with Gasteiger partial charge in [0.2, 0.25) is 11.7 Å². The molecule has 2 aromatic rings. The van der Waals surface area contributed by atoms with Gasteiger partial charge in [0.1, 0.15) is 0 Å². The zero-order chi connectivity index (χ0) is 18.9. The van der Waals surface area contributed by atoms with Gasteiger partial charge in [-0.05, 0) is 44.0 Å². The summed E-state index contributed by atoms with van der Waals surface area (Å²) in [6.45, 7) is 1.88. The first-order valence-electron chi connectivity index (χ1n) is 8.28. The Hall–Kier alpha value is -2.13. The van der Waals surface area contributed by atoms with Crippen molar-refractivity contribution in [1.82, 2.24) is 10.1 Å². The van der Waals surface area contributed by atoms with Gasteiger partial charge in [-0.3, -0.25) is 4.79 Å². The number of nitrogens with zero attached hydrogens (tertiary/aromatic N) is 2. The molecule has 10 heteroatoms. The van der Waals surface area contributed by atoms with Gasteiger partial charge in [-0.1, -0.05) is 18.0 Å². The molecule has 1 fully saturated rings. The van der Waals surface area contributed by atoms with Crippen molar-refractivity contribution in [3.05, 3.63) is 30.2 Å². The van der Waals surface area contributed by atoms with Crippen LogP contribution in [0, 0.1) is 5.92 Å². The lowest BCUT2D eigenvalue weighted by Gasteiger charge is -2.37. The van der Waals surface area contributed by atoms with Gasteiger partial charge in [0.15, 0.2) is 0 Å². The molecule has 6 nitrogen and oxygen atoms in total. The van der Waals surface area contributed by atoms with Crippen molar-refractivity contribution in [2.75, 3.05) is 5.32 Å². The third-order valence-electron chi connectivity index (χ3n) is 4.65. The Morgan fingerprint density at radius 3 is 2.52 bits per heavy atom. The first kappa shape index (κ1) is 21.2. The molecule has 27 heavy (non-hydrogen) atoms. The van der Waals surface area contributed by atoms with E-state index in [2.05, 4.69) is 20.0 Å². The molecule has 2 atom stereocenters. The van der Waals surface area contributed by atoms with Crippen LogP contribution in [0.5, 0.6) is 0 Å². The van der Waals surface area contributed by atoms with Crippen molar-refractivity contribution >= 4 is 24.0 Å². The number of aromatic nitrogens is 2. The van der Waals surface area contributed by atoms with Crippen LogP contribution in [0.1, 0.15) is 38.5 Å². The zero-order valence-electron chi connectivity index (χ0n) is 14.5. The van der Waals surface area contributed by atoms with E-state index in [9.17, 15) is 18.0 Å². The minimum absolute atomic E-state index is 0. The number of nitrogens with one attached hydrogen (secondary N) is 1. The first-order valence-corrected chi connectivity index (χ1v) is 8.28. The van der Waals surface area contributed by atoms with Gasteiger partial charge >= 0.3 is 12.1 Å².